The molecule has 1 amide bonds. The van der Waals surface area contributed by atoms with Crippen LogP contribution in [0.2, 0.25) is 0 Å². The molecule has 0 unspecified atom stereocenters. The fourth-order valence-corrected chi connectivity index (χ4v) is 5.02. The Morgan fingerprint density at radius 1 is 1.17 bits per heavy atom. The van der Waals surface area contributed by atoms with Crippen LogP contribution in [0.15, 0.2) is 30.5 Å². The number of aryl methyl sites for hydroxylation is 1. The first-order valence-electron chi connectivity index (χ1n) is 10.6. The smallest absolute Gasteiger partial charge is 0.255 e. The van der Waals surface area contributed by atoms with Gasteiger partial charge in [-0.15, -0.1) is 0 Å². The van der Waals surface area contributed by atoms with Gasteiger partial charge >= 0.3 is 0 Å². The van der Waals surface area contributed by atoms with E-state index < -0.39 is 0 Å². The lowest BCUT2D eigenvalue weighted by Crippen LogP contribution is -2.49. The van der Waals surface area contributed by atoms with E-state index in [0.717, 1.165) is 37.4 Å². The van der Waals surface area contributed by atoms with Crippen molar-refractivity contribution in [3.05, 3.63) is 58.4 Å². The largest absolute Gasteiger partial charge is 0.496 e. The number of aromatic nitrogens is 1. The number of piperazine rings is 1. The lowest BCUT2D eigenvalue weighted by Gasteiger charge is -2.38. The van der Waals surface area contributed by atoms with Crippen molar-refractivity contribution < 1.29 is 9.53 Å². The third-order valence-electron chi connectivity index (χ3n) is 6.92. The Labute approximate surface area is 173 Å². The average Bonchev–Trinajstić information content (AvgIpc) is 3.36. The summed E-state index contributed by atoms with van der Waals surface area (Å²) in [6.07, 6.45) is 3.68. The van der Waals surface area contributed by atoms with E-state index in [1.165, 1.54) is 16.7 Å². The predicted octanol–water partition coefficient (Wildman–Crippen LogP) is 3.93. The van der Waals surface area contributed by atoms with Crippen molar-refractivity contribution in [2.75, 3.05) is 20.2 Å². The van der Waals surface area contributed by atoms with Crippen LogP contribution in [0.25, 0.3) is 0 Å². The van der Waals surface area contributed by atoms with Crippen LogP contribution in [0.1, 0.15) is 59.1 Å². The van der Waals surface area contributed by atoms with Crippen LogP contribution in [-0.2, 0) is 6.42 Å². The fraction of sp³-hybridized carbons (Fsp3) is 0.500. The number of rotatable bonds is 5. The van der Waals surface area contributed by atoms with E-state index in [2.05, 4.69) is 54.6 Å². The van der Waals surface area contributed by atoms with Gasteiger partial charge in [0.15, 0.2) is 0 Å². The second-order valence-corrected chi connectivity index (χ2v) is 8.37. The van der Waals surface area contributed by atoms with E-state index >= 15 is 0 Å². The molecule has 29 heavy (non-hydrogen) atoms. The maximum absolute atomic E-state index is 13.0. The Morgan fingerprint density at radius 3 is 2.55 bits per heavy atom. The monoisotopic (exact) mass is 393 g/mol. The SMILES string of the molecule is CCc1ccc(C(=O)N2C[C@@H]3C[C@H]2CN3[C@@H](C)c2ccc(OC)c(C)c2C)cn1. The number of amides is 1. The van der Waals surface area contributed by atoms with Crippen molar-refractivity contribution in [2.45, 2.75) is 58.7 Å². The number of hydrogen-bond acceptors (Lipinski definition) is 4. The van der Waals surface area contributed by atoms with Gasteiger partial charge in [-0.1, -0.05) is 13.0 Å². The van der Waals surface area contributed by atoms with Gasteiger partial charge in [0.1, 0.15) is 5.75 Å². The molecule has 2 aliphatic heterocycles. The molecule has 2 aromatic rings. The average molecular weight is 394 g/mol. The number of carbonyl (C=O) groups is 1. The zero-order valence-electron chi connectivity index (χ0n) is 18.1. The van der Waals surface area contributed by atoms with E-state index in [9.17, 15) is 4.79 Å². The highest BCUT2D eigenvalue weighted by molar-refractivity contribution is 5.94. The summed E-state index contributed by atoms with van der Waals surface area (Å²) < 4.78 is 5.47. The van der Waals surface area contributed by atoms with Gasteiger partial charge in [-0.2, -0.15) is 0 Å². The molecule has 0 radical (unpaired) electrons. The van der Waals surface area contributed by atoms with Crippen molar-refractivity contribution in [1.29, 1.82) is 0 Å². The van der Waals surface area contributed by atoms with E-state index in [4.69, 9.17) is 4.74 Å². The molecule has 0 spiro atoms. The third-order valence-corrected chi connectivity index (χ3v) is 6.92. The minimum atomic E-state index is 0.122. The first-order chi connectivity index (χ1) is 13.9. The van der Waals surface area contributed by atoms with Crippen LogP contribution in [0.3, 0.4) is 0 Å². The van der Waals surface area contributed by atoms with Crippen molar-refractivity contribution >= 4 is 5.91 Å². The van der Waals surface area contributed by atoms with E-state index in [1.54, 1.807) is 13.3 Å². The van der Waals surface area contributed by atoms with Gasteiger partial charge in [-0.05, 0) is 68.5 Å². The molecule has 5 heteroatoms. The number of likely N-dealkylation sites (tertiary alicyclic amines) is 2. The standard InChI is InChI=1S/C24H31N3O2/c1-6-19-8-7-18(12-25-19)24(28)27-14-20-11-21(27)13-26(20)17(4)22-9-10-23(29-5)16(3)15(22)2/h7-10,12,17,20-21H,6,11,13-14H2,1-5H3/t17-,20-,21-/m0/s1. The van der Waals surface area contributed by atoms with E-state index in [-0.39, 0.29) is 5.91 Å². The fourth-order valence-electron chi connectivity index (χ4n) is 5.02. The normalized spacial score (nSPS) is 22.2. The molecule has 1 aromatic heterocycles. The highest BCUT2D eigenvalue weighted by Crippen LogP contribution is 2.39. The molecule has 1 aromatic carbocycles. The summed E-state index contributed by atoms with van der Waals surface area (Å²) in [5.41, 5.74) is 5.59. The Bertz CT molecular complexity index is 909. The third kappa shape index (κ3) is 3.42. The minimum Gasteiger partial charge on any atom is -0.496 e. The van der Waals surface area contributed by atoms with Crippen LogP contribution >= 0.6 is 0 Å². The van der Waals surface area contributed by atoms with Crippen molar-refractivity contribution in [3.63, 3.8) is 0 Å². The molecule has 2 fully saturated rings. The summed E-state index contributed by atoms with van der Waals surface area (Å²) in [5.74, 6) is 1.07. The first-order valence-corrected chi connectivity index (χ1v) is 10.6. The predicted molar refractivity (Wildman–Crippen MR) is 114 cm³/mol. The number of nitrogens with zero attached hydrogens (tertiary/aromatic N) is 3. The molecule has 2 aliphatic rings. The number of pyridine rings is 1. The summed E-state index contributed by atoms with van der Waals surface area (Å²) in [5, 5.41) is 0. The zero-order valence-corrected chi connectivity index (χ0v) is 18.1. The molecule has 0 saturated carbocycles. The summed E-state index contributed by atoms with van der Waals surface area (Å²) in [4.78, 5) is 22.0. The Morgan fingerprint density at radius 2 is 1.97 bits per heavy atom. The van der Waals surface area contributed by atoms with Crippen molar-refractivity contribution in [3.8, 4) is 5.75 Å². The molecule has 154 valence electrons. The highest BCUT2D eigenvalue weighted by Gasteiger charge is 2.47. The van der Waals surface area contributed by atoms with Crippen LogP contribution in [0, 0.1) is 13.8 Å². The van der Waals surface area contributed by atoms with Crippen LogP contribution in [-0.4, -0.2) is 53.0 Å². The molecule has 5 nitrogen and oxygen atoms in total. The lowest BCUT2D eigenvalue weighted by molar-refractivity contribution is 0.0568. The number of benzene rings is 1. The minimum absolute atomic E-state index is 0.122. The van der Waals surface area contributed by atoms with Gasteiger partial charge in [0, 0.05) is 43.1 Å². The Hall–Kier alpha value is -2.40. The topological polar surface area (TPSA) is 45.7 Å². The number of carbonyl (C=O) groups excluding carboxylic acids is 1. The van der Waals surface area contributed by atoms with Gasteiger partial charge < -0.3 is 9.64 Å². The molecule has 4 rings (SSSR count). The molecule has 0 aliphatic carbocycles. The van der Waals surface area contributed by atoms with Crippen LogP contribution < -0.4 is 4.74 Å². The second kappa shape index (κ2) is 7.79. The van der Waals surface area contributed by atoms with Gasteiger partial charge in [-0.25, -0.2) is 0 Å². The van der Waals surface area contributed by atoms with Crippen molar-refractivity contribution in [2.24, 2.45) is 0 Å². The number of hydrogen-bond donors (Lipinski definition) is 0. The maximum Gasteiger partial charge on any atom is 0.255 e. The van der Waals surface area contributed by atoms with E-state index in [1.807, 2.05) is 12.1 Å². The molecule has 0 N–H and O–H groups in total. The molecule has 2 bridgehead atoms. The van der Waals surface area contributed by atoms with Gasteiger partial charge in [0.05, 0.1) is 12.7 Å². The Balaban J connectivity index is 1.47. The quantitative estimate of drug-likeness (QED) is 0.772. The summed E-state index contributed by atoms with van der Waals surface area (Å²) in [6, 6.07) is 9.20. The van der Waals surface area contributed by atoms with Crippen LogP contribution in [0.4, 0.5) is 0 Å². The zero-order chi connectivity index (χ0) is 20.7. The molecular weight excluding hydrogens is 362 g/mol. The molecule has 3 atom stereocenters. The van der Waals surface area contributed by atoms with Gasteiger partial charge in [0.25, 0.3) is 5.91 Å². The summed E-state index contributed by atoms with van der Waals surface area (Å²) in [7, 11) is 1.72. The summed E-state index contributed by atoms with van der Waals surface area (Å²) in [6.45, 7) is 10.4. The summed E-state index contributed by atoms with van der Waals surface area (Å²) >= 11 is 0. The highest BCUT2D eigenvalue weighted by atomic mass is 16.5. The number of fused-ring (bicyclic) bond motifs is 2. The Kier molecular flexibility index (Phi) is 5.34. The number of methoxy groups -OCH3 is 1. The maximum atomic E-state index is 13.0. The molecular formula is C24H31N3O2. The van der Waals surface area contributed by atoms with E-state index in [0.29, 0.717) is 23.7 Å². The lowest BCUT2D eigenvalue weighted by atomic mass is 9.96. The van der Waals surface area contributed by atoms with Crippen molar-refractivity contribution in [1.82, 2.24) is 14.8 Å². The van der Waals surface area contributed by atoms with Gasteiger partial charge in [-0.3, -0.25) is 14.7 Å². The first kappa shape index (κ1) is 19.9. The molecule has 3 heterocycles. The number of ether oxygens (including phenoxy) is 1. The van der Waals surface area contributed by atoms with Crippen LogP contribution in [0.5, 0.6) is 5.75 Å². The molecule has 2 saturated heterocycles. The van der Waals surface area contributed by atoms with Gasteiger partial charge in [0.2, 0.25) is 0 Å². The second-order valence-electron chi connectivity index (χ2n) is 8.37.